The lowest BCUT2D eigenvalue weighted by Gasteiger charge is -2.26. The molecule has 4 nitrogen and oxygen atoms in total. The third-order valence-corrected chi connectivity index (χ3v) is 3.76. The third-order valence-electron chi connectivity index (χ3n) is 3.46. The number of hydrogen-bond acceptors (Lipinski definition) is 3. The highest BCUT2D eigenvalue weighted by Crippen LogP contribution is 2.10. The van der Waals surface area contributed by atoms with Gasteiger partial charge in [-0.05, 0) is 43.5 Å². The predicted molar refractivity (Wildman–Crippen MR) is 81.1 cm³/mol. The molecular formula is C15H20N2O2S. The van der Waals surface area contributed by atoms with Gasteiger partial charge < -0.3 is 10.2 Å². The summed E-state index contributed by atoms with van der Waals surface area (Å²) in [7, 11) is 0. The molecule has 2 rings (SSSR count). The van der Waals surface area contributed by atoms with Crippen molar-refractivity contribution < 1.29 is 9.59 Å². The summed E-state index contributed by atoms with van der Waals surface area (Å²) in [5.74, 6) is -0.0134. The largest absolute Gasteiger partial charge is 0.352 e. The monoisotopic (exact) mass is 292 g/mol. The minimum absolute atomic E-state index is 0.135. The van der Waals surface area contributed by atoms with Crippen molar-refractivity contribution in [2.75, 3.05) is 19.6 Å². The SMILES string of the molecule is O=C(NCCC(=O)N1CCCCC1)c1ccc(S)cc1. The summed E-state index contributed by atoms with van der Waals surface area (Å²) in [4.78, 5) is 26.5. The molecule has 0 radical (unpaired) electrons. The summed E-state index contributed by atoms with van der Waals surface area (Å²) in [6, 6.07) is 7.00. The molecule has 1 aromatic rings. The van der Waals surface area contributed by atoms with Crippen LogP contribution < -0.4 is 5.32 Å². The van der Waals surface area contributed by atoms with Gasteiger partial charge in [-0.25, -0.2) is 0 Å². The van der Waals surface area contributed by atoms with Crippen LogP contribution in [0.2, 0.25) is 0 Å². The molecule has 0 saturated carbocycles. The second-order valence-electron chi connectivity index (χ2n) is 4.99. The molecule has 0 aliphatic carbocycles. The molecule has 0 atom stereocenters. The number of carbonyl (C=O) groups is 2. The van der Waals surface area contributed by atoms with Gasteiger partial charge >= 0.3 is 0 Å². The van der Waals surface area contributed by atoms with Gasteiger partial charge in [-0.3, -0.25) is 9.59 Å². The van der Waals surface area contributed by atoms with Gasteiger partial charge in [-0.2, -0.15) is 0 Å². The van der Waals surface area contributed by atoms with Crippen molar-refractivity contribution in [3.8, 4) is 0 Å². The van der Waals surface area contributed by atoms with Crippen molar-refractivity contribution in [3.63, 3.8) is 0 Å². The first-order valence-corrected chi connectivity index (χ1v) is 7.46. The number of nitrogens with one attached hydrogen (secondary N) is 1. The van der Waals surface area contributed by atoms with E-state index in [0.717, 1.165) is 30.8 Å². The second-order valence-corrected chi connectivity index (χ2v) is 5.51. The Morgan fingerprint density at radius 3 is 2.40 bits per heavy atom. The molecule has 20 heavy (non-hydrogen) atoms. The molecule has 5 heteroatoms. The number of piperidine rings is 1. The van der Waals surface area contributed by atoms with Crippen LogP contribution in [0.4, 0.5) is 0 Å². The van der Waals surface area contributed by atoms with Crippen molar-refractivity contribution in [1.82, 2.24) is 10.2 Å². The van der Waals surface area contributed by atoms with E-state index >= 15 is 0 Å². The summed E-state index contributed by atoms with van der Waals surface area (Å²) < 4.78 is 0. The van der Waals surface area contributed by atoms with Crippen molar-refractivity contribution in [1.29, 1.82) is 0 Å². The van der Waals surface area contributed by atoms with Crippen LogP contribution in [-0.4, -0.2) is 36.3 Å². The molecule has 108 valence electrons. The maximum atomic E-state index is 11.9. The fraction of sp³-hybridized carbons (Fsp3) is 0.467. The zero-order chi connectivity index (χ0) is 14.4. The van der Waals surface area contributed by atoms with E-state index < -0.39 is 0 Å². The van der Waals surface area contributed by atoms with Gasteiger partial charge in [-0.15, -0.1) is 12.6 Å². The van der Waals surface area contributed by atoms with Gasteiger partial charge in [0, 0.05) is 36.5 Å². The van der Waals surface area contributed by atoms with Gasteiger partial charge in [0.05, 0.1) is 0 Å². The molecule has 0 aromatic heterocycles. The first-order valence-electron chi connectivity index (χ1n) is 7.02. The minimum Gasteiger partial charge on any atom is -0.352 e. The molecule has 1 aliphatic heterocycles. The van der Waals surface area contributed by atoms with E-state index in [-0.39, 0.29) is 11.8 Å². The lowest BCUT2D eigenvalue weighted by molar-refractivity contribution is -0.131. The van der Waals surface area contributed by atoms with Crippen molar-refractivity contribution in [2.45, 2.75) is 30.6 Å². The molecule has 0 unspecified atom stereocenters. The van der Waals surface area contributed by atoms with Crippen LogP contribution in [0, 0.1) is 0 Å². The number of rotatable bonds is 4. The van der Waals surface area contributed by atoms with Crippen molar-refractivity contribution in [3.05, 3.63) is 29.8 Å². The van der Waals surface area contributed by atoms with E-state index in [4.69, 9.17) is 0 Å². The highest BCUT2D eigenvalue weighted by Gasteiger charge is 2.16. The molecule has 1 N–H and O–H groups in total. The number of carbonyl (C=O) groups excluding carboxylic acids is 2. The standard InChI is InChI=1S/C15H20N2O2S/c18-14(17-10-2-1-3-11-17)8-9-16-15(19)12-4-6-13(20)7-5-12/h4-7,20H,1-3,8-11H2,(H,16,19). The van der Waals surface area contributed by atoms with Crippen LogP contribution in [0.5, 0.6) is 0 Å². The molecular weight excluding hydrogens is 272 g/mol. The topological polar surface area (TPSA) is 49.4 Å². The van der Waals surface area contributed by atoms with E-state index in [1.54, 1.807) is 24.3 Å². The first kappa shape index (κ1) is 14.9. The van der Waals surface area contributed by atoms with E-state index in [1.807, 2.05) is 4.90 Å². The summed E-state index contributed by atoms with van der Waals surface area (Å²) >= 11 is 4.17. The minimum atomic E-state index is -0.148. The van der Waals surface area contributed by atoms with Crippen LogP contribution in [0.1, 0.15) is 36.0 Å². The Hall–Kier alpha value is -1.49. The Balaban J connectivity index is 1.73. The van der Waals surface area contributed by atoms with E-state index in [0.29, 0.717) is 18.5 Å². The van der Waals surface area contributed by atoms with Crippen LogP contribution in [0.3, 0.4) is 0 Å². The summed E-state index contributed by atoms with van der Waals surface area (Å²) in [5.41, 5.74) is 0.591. The van der Waals surface area contributed by atoms with Crippen molar-refractivity contribution >= 4 is 24.4 Å². The maximum absolute atomic E-state index is 11.9. The predicted octanol–water partition coefficient (Wildman–Crippen LogP) is 2.11. The molecule has 1 saturated heterocycles. The van der Waals surface area contributed by atoms with Gasteiger partial charge in [0.2, 0.25) is 5.91 Å². The van der Waals surface area contributed by atoms with E-state index in [1.165, 1.54) is 6.42 Å². The van der Waals surface area contributed by atoms with Gasteiger partial charge in [-0.1, -0.05) is 0 Å². The van der Waals surface area contributed by atoms with Crippen LogP contribution >= 0.6 is 12.6 Å². The molecule has 0 bridgehead atoms. The Labute approximate surface area is 124 Å². The lowest BCUT2D eigenvalue weighted by Crippen LogP contribution is -2.37. The number of benzene rings is 1. The molecule has 1 fully saturated rings. The number of nitrogens with zero attached hydrogens (tertiary/aromatic N) is 1. The average molecular weight is 292 g/mol. The van der Waals surface area contributed by atoms with Gasteiger partial charge in [0.1, 0.15) is 0 Å². The average Bonchev–Trinajstić information content (AvgIpc) is 2.48. The van der Waals surface area contributed by atoms with Crippen LogP contribution in [0.15, 0.2) is 29.2 Å². The second kappa shape index (κ2) is 7.33. The summed E-state index contributed by atoms with van der Waals surface area (Å²) in [6.45, 7) is 2.10. The number of thiol groups is 1. The molecule has 2 amide bonds. The normalized spacial score (nSPS) is 14.9. The quantitative estimate of drug-likeness (QED) is 0.835. The molecule has 1 aromatic carbocycles. The summed E-state index contributed by atoms with van der Waals surface area (Å²) in [6.07, 6.45) is 3.76. The maximum Gasteiger partial charge on any atom is 0.251 e. The van der Waals surface area contributed by atoms with Gasteiger partial charge in [0.25, 0.3) is 5.91 Å². The Kier molecular flexibility index (Phi) is 5.47. The fourth-order valence-corrected chi connectivity index (χ4v) is 2.45. The van der Waals surface area contributed by atoms with E-state index in [2.05, 4.69) is 17.9 Å². The molecule has 0 spiro atoms. The molecule has 1 heterocycles. The van der Waals surface area contributed by atoms with Crippen LogP contribution in [-0.2, 0) is 4.79 Å². The first-order chi connectivity index (χ1) is 9.66. The molecule has 1 aliphatic rings. The van der Waals surface area contributed by atoms with Gasteiger partial charge in [0.15, 0.2) is 0 Å². The smallest absolute Gasteiger partial charge is 0.251 e. The Morgan fingerprint density at radius 1 is 1.10 bits per heavy atom. The highest BCUT2D eigenvalue weighted by molar-refractivity contribution is 7.80. The van der Waals surface area contributed by atoms with Crippen molar-refractivity contribution in [2.24, 2.45) is 0 Å². The highest BCUT2D eigenvalue weighted by atomic mass is 32.1. The number of hydrogen-bond donors (Lipinski definition) is 2. The Morgan fingerprint density at radius 2 is 1.75 bits per heavy atom. The third kappa shape index (κ3) is 4.27. The number of likely N-dealkylation sites (tertiary alicyclic amines) is 1. The number of amides is 2. The summed E-state index contributed by atoms with van der Waals surface area (Å²) in [5, 5.41) is 2.78. The van der Waals surface area contributed by atoms with Crippen LogP contribution in [0.25, 0.3) is 0 Å². The fourth-order valence-electron chi connectivity index (χ4n) is 2.30. The zero-order valence-corrected chi connectivity index (χ0v) is 12.4. The zero-order valence-electron chi connectivity index (χ0n) is 11.5. The Bertz CT molecular complexity index is 467. The van der Waals surface area contributed by atoms with E-state index in [9.17, 15) is 9.59 Å². The lowest BCUT2D eigenvalue weighted by atomic mass is 10.1.